The molecule has 0 radical (unpaired) electrons. The number of pyridine rings is 1. The third-order valence-electron chi connectivity index (χ3n) is 5.07. The fourth-order valence-electron chi connectivity index (χ4n) is 3.54. The number of piperidine rings is 1. The zero-order valence-electron chi connectivity index (χ0n) is 15.8. The number of anilines is 1. The summed E-state index contributed by atoms with van der Waals surface area (Å²) in [4.78, 5) is 27.6. The molecule has 0 unspecified atom stereocenters. The summed E-state index contributed by atoms with van der Waals surface area (Å²) in [5.41, 5.74) is 2.35. The molecular weight excluding hydrogens is 354 g/mol. The number of carbonyl (C=O) groups is 1. The number of aromatic nitrogens is 3. The molecule has 1 aromatic carbocycles. The Kier molecular flexibility index (Phi) is 5.32. The van der Waals surface area contributed by atoms with Crippen molar-refractivity contribution in [3.05, 3.63) is 54.4 Å². The molecule has 4 rings (SSSR count). The molecule has 1 N–H and O–H groups in total. The molecule has 7 nitrogen and oxygen atoms in total. The lowest BCUT2D eigenvalue weighted by molar-refractivity contribution is -0.131. The van der Waals surface area contributed by atoms with Crippen molar-refractivity contribution in [3.8, 4) is 5.75 Å². The van der Waals surface area contributed by atoms with Crippen molar-refractivity contribution in [2.24, 2.45) is 0 Å². The van der Waals surface area contributed by atoms with Gasteiger partial charge in [0.05, 0.1) is 13.5 Å². The van der Waals surface area contributed by atoms with Gasteiger partial charge >= 0.3 is 0 Å². The van der Waals surface area contributed by atoms with Crippen LogP contribution in [0.3, 0.4) is 0 Å². The van der Waals surface area contributed by atoms with Gasteiger partial charge in [0.15, 0.2) is 5.65 Å². The van der Waals surface area contributed by atoms with Crippen LogP contribution in [0, 0.1) is 0 Å². The number of para-hydroxylation sites is 1. The summed E-state index contributed by atoms with van der Waals surface area (Å²) in [6, 6.07) is 11.8. The molecule has 1 aliphatic heterocycles. The molecule has 1 amide bonds. The smallest absolute Gasteiger partial charge is 0.227 e. The molecule has 1 aliphatic rings. The van der Waals surface area contributed by atoms with Crippen molar-refractivity contribution in [3.63, 3.8) is 0 Å². The highest BCUT2D eigenvalue weighted by Crippen LogP contribution is 2.21. The lowest BCUT2D eigenvalue weighted by Gasteiger charge is -2.32. The van der Waals surface area contributed by atoms with Crippen LogP contribution in [0.5, 0.6) is 5.75 Å². The molecule has 0 bridgehead atoms. The van der Waals surface area contributed by atoms with Crippen LogP contribution in [-0.2, 0) is 11.2 Å². The van der Waals surface area contributed by atoms with Gasteiger partial charge in [-0.2, -0.15) is 0 Å². The monoisotopic (exact) mass is 377 g/mol. The minimum Gasteiger partial charge on any atom is -0.496 e. The summed E-state index contributed by atoms with van der Waals surface area (Å²) in [6.45, 7) is 1.47. The summed E-state index contributed by atoms with van der Waals surface area (Å²) in [5.74, 6) is 1.70. The van der Waals surface area contributed by atoms with Gasteiger partial charge in [0.2, 0.25) is 5.91 Å². The van der Waals surface area contributed by atoms with Crippen molar-refractivity contribution in [1.82, 2.24) is 19.9 Å². The van der Waals surface area contributed by atoms with Crippen molar-refractivity contribution in [2.75, 3.05) is 25.5 Å². The molecule has 2 aromatic heterocycles. The van der Waals surface area contributed by atoms with Crippen LogP contribution in [0.1, 0.15) is 18.4 Å². The normalized spacial score (nSPS) is 14.8. The Hall–Kier alpha value is -3.22. The van der Waals surface area contributed by atoms with E-state index in [0.29, 0.717) is 12.1 Å². The minimum atomic E-state index is 0.141. The zero-order valence-corrected chi connectivity index (χ0v) is 15.8. The summed E-state index contributed by atoms with van der Waals surface area (Å²) in [7, 11) is 1.63. The summed E-state index contributed by atoms with van der Waals surface area (Å²) >= 11 is 0. The lowest BCUT2D eigenvalue weighted by Crippen LogP contribution is -2.43. The van der Waals surface area contributed by atoms with Crippen molar-refractivity contribution < 1.29 is 9.53 Å². The van der Waals surface area contributed by atoms with E-state index in [4.69, 9.17) is 4.74 Å². The average Bonchev–Trinajstić information content (AvgIpc) is 2.74. The number of benzene rings is 1. The molecule has 1 saturated heterocycles. The number of ether oxygens (including phenoxy) is 1. The van der Waals surface area contributed by atoms with E-state index in [1.54, 1.807) is 19.5 Å². The van der Waals surface area contributed by atoms with E-state index in [9.17, 15) is 4.79 Å². The first-order valence-electron chi connectivity index (χ1n) is 9.47. The predicted molar refractivity (Wildman–Crippen MR) is 107 cm³/mol. The van der Waals surface area contributed by atoms with E-state index in [1.165, 1.54) is 0 Å². The Morgan fingerprint density at radius 3 is 2.75 bits per heavy atom. The van der Waals surface area contributed by atoms with E-state index in [1.807, 2.05) is 41.3 Å². The Balaban J connectivity index is 1.33. The quantitative estimate of drug-likeness (QED) is 0.736. The molecule has 7 heteroatoms. The number of carbonyl (C=O) groups excluding carboxylic acids is 1. The number of hydrogen-bond donors (Lipinski definition) is 1. The Labute approximate surface area is 163 Å². The van der Waals surface area contributed by atoms with E-state index < -0.39 is 0 Å². The largest absolute Gasteiger partial charge is 0.496 e. The maximum atomic E-state index is 12.7. The first-order chi connectivity index (χ1) is 13.7. The summed E-state index contributed by atoms with van der Waals surface area (Å²) in [6.07, 6.45) is 5.45. The van der Waals surface area contributed by atoms with Gasteiger partial charge in [-0.05, 0) is 31.0 Å². The van der Waals surface area contributed by atoms with Crippen molar-refractivity contribution in [2.45, 2.75) is 25.3 Å². The van der Waals surface area contributed by atoms with Gasteiger partial charge in [0.1, 0.15) is 17.1 Å². The number of amides is 1. The van der Waals surface area contributed by atoms with Gasteiger partial charge in [-0.15, -0.1) is 0 Å². The third-order valence-corrected chi connectivity index (χ3v) is 5.07. The van der Waals surface area contributed by atoms with Gasteiger partial charge in [-0.1, -0.05) is 18.2 Å². The van der Waals surface area contributed by atoms with Gasteiger partial charge in [-0.25, -0.2) is 9.97 Å². The number of nitrogens with zero attached hydrogens (tertiary/aromatic N) is 4. The average molecular weight is 377 g/mol. The maximum absolute atomic E-state index is 12.7. The molecule has 0 spiro atoms. The van der Waals surface area contributed by atoms with Crippen LogP contribution in [0.4, 0.5) is 5.82 Å². The predicted octanol–water partition coefficient (Wildman–Crippen LogP) is 2.68. The van der Waals surface area contributed by atoms with Crippen molar-refractivity contribution >= 4 is 22.9 Å². The first kappa shape index (κ1) is 18.2. The number of hydrogen-bond acceptors (Lipinski definition) is 6. The van der Waals surface area contributed by atoms with E-state index in [0.717, 1.165) is 48.6 Å². The molecule has 3 heterocycles. The Morgan fingerprint density at radius 2 is 1.93 bits per heavy atom. The molecule has 144 valence electrons. The highest BCUT2D eigenvalue weighted by Gasteiger charge is 2.23. The second-order valence-electron chi connectivity index (χ2n) is 6.88. The number of fused-ring (bicyclic) bond motifs is 1. The van der Waals surface area contributed by atoms with Crippen LogP contribution in [0.2, 0.25) is 0 Å². The van der Waals surface area contributed by atoms with Crippen LogP contribution in [-0.4, -0.2) is 52.0 Å². The van der Waals surface area contributed by atoms with Crippen LogP contribution >= 0.6 is 0 Å². The SMILES string of the molecule is COc1ccccc1CC(=O)N1CCC(Nc2ccc3nccnc3n2)CC1. The Morgan fingerprint density at radius 1 is 1.14 bits per heavy atom. The van der Waals surface area contributed by atoms with Crippen molar-refractivity contribution in [1.29, 1.82) is 0 Å². The molecule has 1 fully saturated rings. The highest BCUT2D eigenvalue weighted by molar-refractivity contribution is 5.79. The highest BCUT2D eigenvalue weighted by atomic mass is 16.5. The first-order valence-corrected chi connectivity index (χ1v) is 9.47. The fraction of sp³-hybridized carbons (Fsp3) is 0.333. The third kappa shape index (κ3) is 4.03. The molecule has 0 atom stereocenters. The molecular formula is C21H23N5O2. The second-order valence-corrected chi connectivity index (χ2v) is 6.88. The summed E-state index contributed by atoms with van der Waals surface area (Å²) < 4.78 is 5.35. The number of methoxy groups -OCH3 is 1. The van der Waals surface area contributed by atoms with Crippen LogP contribution in [0.25, 0.3) is 11.2 Å². The van der Waals surface area contributed by atoms with Gasteiger partial charge in [0.25, 0.3) is 0 Å². The Bertz CT molecular complexity index is 970. The zero-order chi connectivity index (χ0) is 19.3. The van der Waals surface area contributed by atoms with Crippen LogP contribution < -0.4 is 10.1 Å². The standard InChI is InChI=1S/C21H23N5O2/c1-28-18-5-3-2-4-15(18)14-20(27)26-12-8-16(9-13-26)24-19-7-6-17-21(25-19)23-11-10-22-17/h2-7,10-11,16H,8-9,12-14H2,1H3,(H,23,24,25). The maximum Gasteiger partial charge on any atom is 0.227 e. The van der Waals surface area contributed by atoms with Gasteiger partial charge in [0, 0.05) is 37.1 Å². The van der Waals surface area contributed by atoms with E-state index >= 15 is 0 Å². The number of likely N-dealkylation sites (tertiary alicyclic amines) is 1. The molecule has 28 heavy (non-hydrogen) atoms. The van der Waals surface area contributed by atoms with E-state index in [-0.39, 0.29) is 11.9 Å². The topological polar surface area (TPSA) is 80.2 Å². The van der Waals surface area contributed by atoms with Gasteiger partial charge in [-0.3, -0.25) is 9.78 Å². The number of nitrogens with one attached hydrogen (secondary N) is 1. The summed E-state index contributed by atoms with van der Waals surface area (Å²) in [5, 5.41) is 3.46. The molecule has 0 aliphatic carbocycles. The van der Waals surface area contributed by atoms with Gasteiger partial charge < -0.3 is 15.0 Å². The molecule has 3 aromatic rings. The lowest BCUT2D eigenvalue weighted by atomic mass is 10.0. The minimum absolute atomic E-state index is 0.141. The van der Waals surface area contributed by atoms with Crippen LogP contribution in [0.15, 0.2) is 48.8 Å². The molecule has 0 saturated carbocycles. The fourth-order valence-corrected chi connectivity index (χ4v) is 3.54. The van der Waals surface area contributed by atoms with E-state index in [2.05, 4.69) is 20.3 Å². The number of rotatable bonds is 5. The second kappa shape index (κ2) is 8.21.